The van der Waals surface area contributed by atoms with E-state index in [2.05, 4.69) is 10.3 Å². The Morgan fingerprint density at radius 1 is 1.00 bits per heavy atom. The fourth-order valence-electron chi connectivity index (χ4n) is 3.95. The van der Waals surface area contributed by atoms with Crippen molar-refractivity contribution in [2.24, 2.45) is 0 Å². The number of hydrogen-bond acceptors (Lipinski definition) is 2. The lowest BCUT2D eigenvalue weighted by molar-refractivity contribution is -0.137. The number of halogens is 5. The molecule has 4 rings (SSSR count). The van der Waals surface area contributed by atoms with Gasteiger partial charge in [-0.15, -0.1) is 0 Å². The van der Waals surface area contributed by atoms with Gasteiger partial charge in [0, 0.05) is 39.6 Å². The zero-order chi connectivity index (χ0) is 25.5. The highest BCUT2D eigenvalue weighted by molar-refractivity contribution is 6.32. The zero-order valence-corrected chi connectivity index (χ0v) is 20.1. The van der Waals surface area contributed by atoms with Crippen molar-refractivity contribution >= 4 is 62.5 Å². The van der Waals surface area contributed by atoms with Gasteiger partial charge in [-0.2, -0.15) is 13.2 Å². The number of hydrogen-bond donors (Lipinski definition) is 2. The van der Waals surface area contributed by atoms with Crippen LogP contribution in [0.25, 0.3) is 21.8 Å². The number of likely N-dealkylation sites (N-methyl/N-ethyl adjacent to an activating group) is 1. The van der Waals surface area contributed by atoms with Crippen LogP contribution in [-0.2, 0) is 15.8 Å². The van der Waals surface area contributed by atoms with Crippen molar-refractivity contribution in [3.63, 3.8) is 0 Å². The van der Waals surface area contributed by atoms with E-state index in [1.807, 2.05) is 30.3 Å². The Kier molecular flexibility index (Phi) is 6.71. The summed E-state index contributed by atoms with van der Waals surface area (Å²) in [6.07, 6.45) is -4.65. The van der Waals surface area contributed by atoms with Gasteiger partial charge in [-0.05, 0) is 55.0 Å². The lowest BCUT2D eigenvalue weighted by Crippen LogP contribution is -2.37. The maximum absolute atomic E-state index is 13.0. The third kappa shape index (κ3) is 5.23. The number of amides is 2. The SMILES string of the molecule is CC(C(=O)N(C)CC(=O)Nc1ccc(Cl)c(C(F)(F)F)c1)c1ccc2c(c1)[nH]c1ccc(Cl)cc12. The molecule has 2 N–H and O–H groups in total. The van der Waals surface area contributed by atoms with Crippen molar-refractivity contribution in [2.45, 2.75) is 19.0 Å². The lowest BCUT2D eigenvalue weighted by atomic mass is 9.98. The quantitative estimate of drug-likeness (QED) is 0.301. The number of nitrogens with one attached hydrogen (secondary N) is 2. The highest BCUT2D eigenvalue weighted by atomic mass is 35.5. The van der Waals surface area contributed by atoms with Crippen molar-refractivity contribution in [3.05, 3.63) is 75.8 Å². The molecule has 35 heavy (non-hydrogen) atoms. The molecule has 0 fully saturated rings. The van der Waals surface area contributed by atoms with Crippen LogP contribution in [0.15, 0.2) is 54.6 Å². The molecule has 10 heteroatoms. The summed E-state index contributed by atoms with van der Waals surface area (Å²) >= 11 is 11.7. The smallest absolute Gasteiger partial charge is 0.355 e. The van der Waals surface area contributed by atoms with E-state index in [1.54, 1.807) is 13.0 Å². The molecule has 0 aliphatic carbocycles. The number of carbonyl (C=O) groups is 2. The molecule has 1 heterocycles. The molecule has 0 radical (unpaired) electrons. The Morgan fingerprint density at radius 2 is 1.74 bits per heavy atom. The highest BCUT2D eigenvalue weighted by Gasteiger charge is 2.33. The van der Waals surface area contributed by atoms with Crippen molar-refractivity contribution in [1.82, 2.24) is 9.88 Å². The molecule has 4 aromatic rings. The second-order valence-corrected chi connectivity index (χ2v) is 9.12. The van der Waals surface area contributed by atoms with Crippen LogP contribution in [0.5, 0.6) is 0 Å². The van der Waals surface area contributed by atoms with E-state index in [9.17, 15) is 22.8 Å². The van der Waals surface area contributed by atoms with Crippen LogP contribution in [0.2, 0.25) is 10.0 Å². The van der Waals surface area contributed by atoms with Gasteiger partial charge in [0.1, 0.15) is 0 Å². The van der Waals surface area contributed by atoms with Gasteiger partial charge in [0.2, 0.25) is 11.8 Å². The van der Waals surface area contributed by atoms with E-state index in [4.69, 9.17) is 23.2 Å². The van der Waals surface area contributed by atoms with Crippen molar-refractivity contribution in [2.75, 3.05) is 18.9 Å². The average molecular weight is 522 g/mol. The molecule has 1 unspecified atom stereocenters. The molecule has 1 atom stereocenters. The van der Waals surface area contributed by atoms with Gasteiger partial charge in [-0.3, -0.25) is 9.59 Å². The minimum Gasteiger partial charge on any atom is -0.355 e. The molecule has 0 spiro atoms. The lowest BCUT2D eigenvalue weighted by Gasteiger charge is -2.21. The van der Waals surface area contributed by atoms with E-state index in [1.165, 1.54) is 18.0 Å². The first-order valence-corrected chi connectivity index (χ1v) is 11.3. The van der Waals surface area contributed by atoms with Gasteiger partial charge < -0.3 is 15.2 Å². The minimum atomic E-state index is -4.65. The van der Waals surface area contributed by atoms with Gasteiger partial charge in [-0.25, -0.2) is 0 Å². The third-order valence-corrected chi connectivity index (χ3v) is 6.33. The molecule has 0 aliphatic rings. The normalized spacial score (nSPS) is 12.7. The maximum atomic E-state index is 13.0. The number of alkyl halides is 3. The molecular formula is C25H20Cl2F3N3O2. The number of benzene rings is 3. The van der Waals surface area contributed by atoms with Gasteiger partial charge in [0.05, 0.1) is 23.0 Å². The topological polar surface area (TPSA) is 65.2 Å². The molecule has 0 bridgehead atoms. The van der Waals surface area contributed by atoms with E-state index in [-0.39, 0.29) is 18.1 Å². The molecule has 5 nitrogen and oxygen atoms in total. The summed E-state index contributed by atoms with van der Waals surface area (Å²) in [7, 11) is 1.46. The first kappa shape index (κ1) is 24.9. The molecule has 0 saturated carbocycles. The van der Waals surface area contributed by atoms with Crippen molar-refractivity contribution < 1.29 is 22.8 Å². The van der Waals surface area contributed by atoms with Crippen LogP contribution in [0.1, 0.15) is 24.0 Å². The summed E-state index contributed by atoms with van der Waals surface area (Å²) in [6.45, 7) is 1.40. The second kappa shape index (κ2) is 9.43. The predicted molar refractivity (Wildman–Crippen MR) is 132 cm³/mol. The van der Waals surface area contributed by atoms with E-state index < -0.39 is 28.6 Å². The number of nitrogens with zero attached hydrogens (tertiary/aromatic N) is 1. The number of carbonyl (C=O) groups excluding carboxylic acids is 2. The standard InChI is InChI=1S/C25H20Cl2F3N3O2/c1-13(14-3-6-17-18-10-15(26)4-8-21(18)32-22(17)9-14)24(35)33(2)12-23(34)31-16-5-7-20(27)19(11-16)25(28,29)30/h3-11,13,32H,12H2,1-2H3,(H,31,34). The molecule has 0 aliphatic heterocycles. The van der Waals surface area contributed by atoms with Crippen LogP contribution in [0.3, 0.4) is 0 Å². The minimum absolute atomic E-state index is 0.0648. The predicted octanol–water partition coefficient (Wildman–Crippen LogP) is 6.85. The summed E-state index contributed by atoms with van der Waals surface area (Å²) in [5.74, 6) is -1.50. The van der Waals surface area contributed by atoms with Crippen LogP contribution in [0, 0.1) is 0 Å². The van der Waals surface area contributed by atoms with Gasteiger partial charge >= 0.3 is 6.18 Å². The van der Waals surface area contributed by atoms with Gasteiger partial charge in [-0.1, -0.05) is 35.3 Å². The molecule has 1 aromatic heterocycles. The first-order valence-electron chi connectivity index (χ1n) is 10.6. The number of H-pyrrole nitrogens is 1. The summed E-state index contributed by atoms with van der Waals surface area (Å²) in [5.41, 5.74) is 1.41. The van der Waals surface area contributed by atoms with Crippen LogP contribution < -0.4 is 5.32 Å². The highest BCUT2D eigenvalue weighted by Crippen LogP contribution is 2.36. The zero-order valence-electron chi connectivity index (χ0n) is 18.6. The number of aromatic amines is 1. The Bertz CT molecular complexity index is 1450. The first-order chi connectivity index (χ1) is 16.4. The molecule has 0 saturated heterocycles. The third-order valence-electron chi connectivity index (χ3n) is 5.77. The molecule has 182 valence electrons. The van der Waals surface area contributed by atoms with Crippen molar-refractivity contribution in [3.8, 4) is 0 Å². The van der Waals surface area contributed by atoms with Crippen molar-refractivity contribution in [1.29, 1.82) is 0 Å². The fourth-order valence-corrected chi connectivity index (χ4v) is 4.35. The molecule has 3 aromatic carbocycles. The van der Waals surface area contributed by atoms with Gasteiger partial charge in [0.25, 0.3) is 0 Å². The van der Waals surface area contributed by atoms with Crippen LogP contribution in [-0.4, -0.2) is 35.3 Å². The second-order valence-electron chi connectivity index (χ2n) is 8.28. The number of aromatic nitrogens is 1. The summed E-state index contributed by atoms with van der Waals surface area (Å²) in [6, 6.07) is 14.3. The summed E-state index contributed by atoms with van der Waals surface area (Å²) in [5, 5.41) is 4.49. The molecule has 2 amide bonds. The van der Waals surface area contributed by atoms with Crippen LogP contribution >= 0.6 is 23.2 Å². The van der Waals surface area contributed by atoms with E-state index >= 15 is 0 Å². The fraction of sp³-hybridized carbons (Fsp3) is 0.200. The number of fused-ring (bicyclic) bond motifs is 3. The maximum Gasteiger partial charge on any atom is 0.417 e. The monoisotopic (exact) mass is 521 g/mol. The van der Waals surface area contributed by atoms with E-state index in [0.29, 0.717) is 5.02 Å². The Balaban J connectivity index is 1.46. The number of rotatable bonds is 5. The molecular weight excluding hydrogens is 502 g/mol. The Hall–Kier alpha value is -3.23. The van der Waals surface area contributed by atoms with E-state index in [0.717, 1.165) is 39.5 Å². The summed E-state index contributed by atoms with van der Waals surface area (Å²) in [4.78, 5) is 29.9. The Morgan fingerprint density at radius 3 is 2.46 bits per heavy atom. The van der Waals surface area contributed by atoms with Crippen LogP contribution in [0.4, 0.5) is 18.9 Å². The average Bonchev–Trinajstić information content (AvgIpc) is 3.15. The largest absolute Gasteiger partial charge is 0.417 e. The van der Waals surface area contributed by atoms with Gasteiger partial charge in [0.15, 0.2) is 0 Å². The number of anilines is 1. The Labute approximate surface area is 208 Å². The summed E-state index contributed by atoms with van der Waals surface area (Å²) < 4.78 is 39.1.